The van der Waals surface area contributed by atoms with Crippen LogP contribution in [0.4, 0.5) is 14.5 Å². The first-order valence-electron chi connectivity index (χ1n) is 6.89. The van der Waals surface area contributed by atoms with Crippen molar-refractivity contribution in [2.45, 2.75) is 31.6 Å². The van der Waals surface area contributed by atoms with Gasteiger partial charge >= 0.3 is 0 Å². The number of carbonyl (C=O) groups is 1. The summed E-state index contributed by atoms with van der Waals surface area (Å²) in [5.41, 5.74) is 1.26. The molecule has 1 aliphatic carbocycles. The van der Waals surface area contributed by atoms with Crippen molar-refractivity contribution >= 4 is 11.6 Å². The van der Waals surface area contributed by atoms with E-state index >= 15 is 0 Å². The Hall–Kier alpha value is -1.93. The van der Waals surface area contributed by atoms with Crippen LogP contribution in [0, 0.1) is 17.8 Å². The number of aliphatic hydroxyl groups excluding tert-OH is 1. The Bertz CT molecular complexity index is 565. The van der Waals surface area contributed by atoms with Crippen LogP contribution in [0.25, 0.3) is 0 Å². The van der Waals surface area contributed by atoms with Crippen LogP contribution in [0.1, 0.15) is 31.2 Å². The van der Waals surface area contributed by atoms with Gasteiger partial charge in [-0.3, -0.25) is 4.79 Å². The summed E-state index contributed by atoms with van der Waals surface area (Å²) in [6.07, 6.45) is -0.0358. The molecule has 2 rings (SSSR count). The highest BCUT2D eigenvalue weighted by Crippen LogP contribution is 2.36. The predicted molar refractivity (Wildman–Crippen MR) is 75.9 cm³/mol. The second-order valence-electron chi connectivity index (χ2n) is 5.16. The normalized spacial score (nSPS) is 17.7. The summed E-state index contributed by atoms with van der Waals surface area (Å²) in [6.45, 7) is -0.229. The largest absolute Gasteiger partial charge is 0.384 e. The van der Waals surface area contributed by atoms with E-state index in [0.717, 1.165) is 0 Å². The molecule has 1 aliphatic rings. The molecular formula is C16H17F2NO2. The maximum atomic E-state index is 13.1. The zero-order valence-electron chi connectivity index (χ0n) is 11.5. The molecule has 2 N–H and O–H groups in total. The van der Waals surface area contributed by atoms with Gasteiger partial charge in [0.1, 0.15) is 6.61 Å². The molecule has 0 aliphatic heterocycles. The van der Waals surface area contributed by atoms with E-state index in [1.165, 1.54) is 0 Å². The third kappa shape index (κ3) is 4.54. The number of rotatable bonds is 2. The van der Waals surface area contributed by atoms with Crippen molar-refractivity contribution in [3.05, 3.63) is 29.8 Å². The Morgan fingerprint density at radius 1 is 1.38 bits per heavy atom. The molecule has 0 bridgehead atoms. The quantitative estimate of drug-likeness (QED) is 0.824. The van der Waals surface area contributed by atoms with Crippen LogP contribution in [0.2, 0.25) is 0 Å². The lowest BCUT2D eigenvalue weighted by Crippen LogP contribution is -2.31. The molecule has 1 saturated carbocycles. The summed E-state index contributed by atoms with van der Waals surface area (Å²) in [5, 5.41) is 11.4. The van der Waals surface area contributed by atoms with Gasteiger partial charge in [-0.05, 0) is 31.0 Å². The van der Waals surface area contributed by atoms with E-state index in [4.69, 9.17) is 5.11 Å². The van der Waals surface area contributed by atoms with Crippen LogP contribution in [0.15, 0.2) is 24.3 Å². The van der Waals surface area contributed by atoms with E-state index in [9.17, 15) is 13.6 Å². The molecule has 1 amide bonds. The fourth-order valence-corrected chi connectivity index (χ4v) is 2.36. The molecule has 1 aromatic carbocycles. The third-order valence-corrected chi connectivity index (χ3v) is 3.53. The van der Waals surface area contributed by atoms with Crippen molar-refractivity contribution in [1.29, 1.82) is 0 Å². The number of amides is 1. The minimum Gasteiger partial charge on any atom is -0.384 e. The number of halogens is 2. The van der Waals surface area contributed by atoms with E-state index in [1.54, 1.807) is 24.3 Å². The van der Waals surface area contributed by atoms with E-state index in [2.05, 4.69) is 17.2 Å². The lowest BCUT2D eigenvalue weighted by atomic mass is 9.86. The Morgan fingerprint density at radius 3 is 2.76 bits per heavy atom. The van der Waals surface area contributed by atoms with Gasteiger partial charge in [-0.1, -0.05) is 17.9 Å². The van der Waals surface area contributed by atoms with Crippen LogP contribution >= 0.6 is 0 Å². The number of anilines is 1. The Balaban J connectivity index is 1.97. The number of hydrogen-bond donors (Lipinski definition) is 2. The SMILES string of the molecule is O=C(Nc1cccc(C#CCO)c1)C1CCC(F)(F)CC1. The maximum Gasteiger partial charge on any atom is 0.248 e. The average Bonchev–Trinajstić information content (AvgIpc) is 2.45. The van der Waals surface area contributed by atoms with Crippen molar-refractivity contribution in [2.75, 3.05) is 11.9 Å². The molecule has 3 nitrogen and oxygen atoms in total. The second-order valence-corrected chi connectivity index (χ2v) is 5.16. The molecule has 0 unspecified atom stereocenters. The van der Waals surface area contributed by atoms with Gasteiger partial charge in [0.2, 0.25) is 11.8 Å². The molecule has 0 radical (unpaired) electrons. The summed E-state index contributed by atoms with van der Waals surface area (Å²) in [6, 6.07) is 6.92. The fraction of sp³-hybridized carbons (Fsp3) is 0.438. The summed E-state index contributed by atoms with van der Waals surface area (Å²) in [7, 11) is 0. The monoisotopic (exact) mass is 293 g/mol. The first-order chi connectivity index (χ1) is 10.00. The molecular weight excluding hydrogens is 276 g/mol. The zero-order chi connectivity index (χ0) is 15.3. The van der Waals surface area contributed by atoms with Crippen LogP contribution < -0.4 is 5.32 Å². The van der Waals surface area contributed by atoms with Crippen LogP contribution in [0.5, 0.6) is 0 Å². The van der Waals surface area contributed by atoms with Gasteiger partial charge in [0, 0.05) is 30.0 Å². The lowest BCUT2D eigenvalue weighted by molar-refractivity contribution is -0.124. The molecule has 1 fully saturated rings. The van der Waals surface area contributed by atoms with Crippen molar-refractivity contribution in [3.63, 3.8) is 0 Å². The minimum absolute atomic E-state index is 0.211. The van der Waals surface area contributed by atoms with Crippen LogP contribution in [-0.4, -0.2) is 23.5 Å². The van der Waals surface area contributed by atoms with Gasteiger partial charge in [-0.15, -0.1) is 0 Å². The first-order valence-corrected chi connectivity index (χ1v) is 6.89. The molecule has 0 saturated heterocycles. The van der Waals surface area contributed by atoms with Crippen LogP contribution in [-0.2, 0) is 4.79 Å². The van der Waals surface area contributed by atoms with Gasteiger partial charge in [0.05, 0.1) is 0 Å². The molecule has 0 atom stereocenters. The van der Waals surface area contributed by atoms with Crippen molar-refractivity contribution in [1.82, 2.24) is 0 Å². The molecule has 0 heterocycles. The molecule has 21 heavy (non-hydrogen) atoms. The van der Waals surface area contributed by atoms with E-state index in [0.29, 0.717) is 11.3 Å². The summed E-state index contributed by atoms with van der Waals surface area (Å²) < 4.78 is 26.1. The molecule has 0 aromatic heterocycles. The number of benzene rings is 1. The summed E-state index contributed by atoms with van der Waals surface area (Å²) >= 11 is 0. The van der Waals surface area contributed by atoms with Crippen molar-refractivity contribution in [3.8, 4) is 11.8 Å². The molecule has 5 heteroatoms. The van der Waals surface area contributed by atoms with Gasteiger partial charge in [-0.2, -0.15) is 0 Å². The van der Waals surface area contributed by atoms with Gasteiger partial charge < -0.3 is 10.4 Å². The van der Waals surface area contributed by atoms with Crippen LogP contribution in [0.3, 0.4) is 0 Å². The summed E-state index contributed by atoms with van der Waals surface area (Å²) in [5.74, 6) is 2.06. The number of alkyl halides is 2. The van der Waals surface area contributed by atoms with Gasteiger partial charge in [0.25, 0.3) is 0 Å². The van der Waals surface area contributed by atoms with E-state index in [-0.39, 0.29) is 44.1 Å². The van der Waals surface area contributed by atoms with Crippen molar-refractivity contribution in [2.24, 2.45) is 5.92 Å². The van der Waals surface area contributed by atoms with E-state index in [1.807, 2.05) is 0 Å². The Kier molecular flexibility index (Phi) is 4.92. The highest BCUT2D eigenvalue weighted by molar-refractivity contribution is 5.92. The lowest BCUT2D eigenvalue weighted by Gasteiger charge is -2.27. The third-order valence-electron chi connectivity index (χ3n) is 3.53. The molecule has 0 spiro atoms. The highest BCUT2D eigenvalue weighted by atomic mass is 19.3. The second kappa shape index (κ2) is 6.68. The number of hydrogen-bond acceptors (Lipinski definition) is 2. The summed E-state index contributed by atoms with van der Waals surface area (Å²) in [4.78, 5) is 12.1. The zero-order valence-corrected chi connectivity index (χ0v) is 11.5. The molecule has 1 aromatic rings. The van der Waals surface area contributed by atoms with Crippen molar-refractivity contribution < 1.29 is 18.7 Å². The smallest absolute Gasteiger partial charge is 0.248 e. The highest BCUT2D eigenvalue weighted by Gasteiger charge is 2.37. The standard InChI is InChI=1S/C16H17F2NO2/c17-16(18)8-6-13(7-9-16)15(21)19-14-5-1-3-12(11-14)4-2-10-20/h1,3,5,11,13,20H,6-10H2,(H,19,21). The Morgan fingerprint density at radius 2 is 2.10 bits per heavy atom. The average molecular weight is 293 g/mol. The number of aliphatic hydroxyl groups is 1. The number of carbonyl (C=O) groups excluding carboxylic acids is 1. The van der Waals surface area contributed by atoms with Gasteiger partial charge in [0.15, 0.2) is 0 Å². The van der Waals surface area contributed by atoms with E-state index < -0.39 is 5.92 Å². The predicted octanol–water partition coefficient (Wildman–Crippen LogP) is 2.79. The first kappa shape index (κ1) is 15.5. The topological polar surface area (TPSA) is 49.3 Å². The minimum atomic E-state index is -2.63. The number of nitrogens with one attached hydrogen (secondary N) is 1. The fourth-order valence-electron chi connectivity index (χ4n) is 2.36. The van der Waals surface area contributed by atoms with Gasteiger partial charge in [-0.25, -0.2) is 8.78 Å². The molecule has 112 valence electrons. The maximum absolute atomic E-state index is 13.1. The Labute approximate surface area is 122 Å².